The fraction of sp³-hybridized carbons (Fsp3) is 0.630. The Morgan fingerprint density at radius 1 is 0.941 bits per heavy atom. The molecule has 4 nitrogen and oxygen atoms in total. The van der Waals surface area contributed by atoms with Crippen molar-refractivity contribution in [2.45, 2.75) is 64.0 Å². The van der Waals surface area contributed by atoms with E-state index in [1.54, 1.807) is 0 Å². The van der Waals surface area contributed by atoms with Gasteiger partial charge >= 0.3 is 6.18 Å². The summed E-state index contributed by atoms with van der Waals surface area (Å²) in [5, 5.41) is 1.22. The molecule has 1 aliphatic carbocycles. The minimum atomic E-state index is -4.37. The zero-order chi connectivity index (χ0) is 24.0. The van der Waals surface area contributed by atoms with E-state index in [-0.39, 0.29) is 6.42 Å². The van der Waals surface area contributed by atoms with Gasteiger partial charge in [-0.1, -0.05) is 38.2 Å². The number of Topliss-reactive ketones (excluding diaryl/α,β-unsaturated/α-hetero) is 1. The minimum Gasteiger partial charge on any atom is -0.368 e. The van der Waals surface area contributed by atoms with Crippen LogP contribution < -0.4 is 4.90 Å². The lowest BCUT2D eigenvalue weighted by Gasteiger charge is -2.37. The first-order valence-corrected chi connectivity index (χ1v) is 12.8. The number of rotatable bonds is 9. The number of carbonyl (C=O) groups excluding carboxylic acids is 1. The number of fused-ring (bicyclic) bond motifs is 1. The summed E-state index contributed by atoms with van der Waals surface area (Å²) in [4.78, 5) is 21.0. The molecule has 2 aliphatic rings. The lowest BCUT2D eigenvalue weighted by atomic mass is 9.78. The maximum atomic E-state index is 12.3. The molecule has 0 spiro atoms. The molecule has 2 heterocycles. The van der Waals surface area contributed by atoms with Crippen molar-refractivity contribution in [1.82, 2.24) is 9.88 Å². The molecule has 1 aliphatic heterocycles. The van der Waals surface area contributed by atoms with Crippen molar-refractivity contribution in [3.8, 4) is 0 Å². The Hall–Kier alpha value is -2.15. The van der Waals surface area contributed by atoms with Gasteiger partial charge in [0, 0.05) is 49.9 Å². The molecule has 186 valence electrons. The number of pyridine rings is 1. The van der Waals surface area contributed by atoms with E-state index in [9.17, 15) is 18.0 Å². The molecule has 1 saturated heterocycles. The highest BCUT2D eigenvalue weighted by atomic mass is 19.4. The molecule has 0 N–H and O–H groups in total. The molecule has 0 bridgehead atoms. The average Bonchev–Trinajstić information content (AvgIpc) is 2.82. The molecule has 0 amide bonds. The van der Waals surface area contributed by atoms with Gasteiger partial charge in [-0.2, -0.15) is 13.2 Å². The van der Waals surface area contributed by atoms with Gasteiger partial charge in [0.15, 0.2) is 0 Å². The maximum Gasteiger partial charge on any atom is 0.395 e. The molecule has 0 unspecified atom stereocenters. The summed E-state index contributed by atoms with van der Waals surface area (Å²) < 4.78 is 36.8. The fourth-order valence-electron chi connectivity index (χ4n) is 5.65. The van der Waals surface area contributed by atoms with Gasteiger partial charge in [-0.05, 0) is 55.5 Å². The first-order chi connectivity index (χ1) is 16.4. The van der Waals surface area contributed by atoms with Crippen LogP contribution in [0.1, 0.15) is 57.8 Å². The van der Waals surface area contributed by atoms with Crippen molar-refractivity contribution in [1.29, 1.82) is 0 Å². The third kappa shape index (κ3) is 7.17. The van der Waals surface area contributed by atoms with Gasteiger partial charge in [0.05, 0.1) is 5.52 Å². The number of anilines is 1. The van der Waals surface area contributed by atoms with Gasteiger partial charge in [-0.15, -0.1) is 0 Å². The lowest BCUT2D eigenvalue weighted by Crippen LogP contribution is -2.47. The van der Waals surface area contributed by atoms with Crippen molar-refractivity contribution in [2.24, 2.45) is 11.8 Å². The Labute approximate surface area is 200 Å². The summed E-state index contributed by atoms with van der Waals surface area (Å²) >= 11 is 0. The number of carbonyl (C=O) groups is 1. The summed E-state index contributed by atoms with van der Waals surface area (Å²) in [6, 6.07) is 10.5. The van der Waals surface area contributed by atoms with Crippen molar-refractivity contribution in [2.75, 3.05) is 37.6 Å². The van der Waals surface area contributed by atoms with E-state index < -0.39 is 18.4 Å². The number of benzene rings is 1. The Morgan fingerprint density at radius 3 is 2.35 bits per heavy atom. The second kappa shape index (κ2) is 11.5. The number of hydrogen-bond donors (Lipinski definition) is 0. The Balaban J connectivity index is 1.12. The molecule has 0 atom stereocenters. The van der Waals surface area contributed by atoms with Crippen LogP contribution >= 0.6 is 0 Å². The topological polar surface area (TPSA) is 36.4 Å². The summed E-state index contributed by atoms with van der Waals surface area (Å²) in [7, 11) is 0. The Morgan fingerprint density at radius 2 is 1.65 bits per heavy atom. The molecule has 1 aromatic heterocycles. The molecule has 2 aromatic rings. The van der Waals surface area contributed by atoms with E-state index in [1.807, 2.05) is 12.3 Å². The lowest BCUT2D eigenvalue weighted by molar-refractivity contribution is -0.152. The molecule has 34 heavy (non-hydrogen) atoms. The van der Waals surface area contributed by atoms with Crippen molar-refractivity contribution >= 4 is 22.4 Å². The van der Waals surface area contributed by atoms with E-state index in [2.05, 4.69) is 39.0 Å². The van der Waals surface area contributed by atoms with Crippen LogP contribution in [-0.4, -0.2) is 54.6 Å². The zero-order valence-electron chi connectivity index (χ0n) is 19.9. The standard InChI is InChI=1S/C27H36F3N3O/c28-27(29,30)20-23(34)5-1-4-21-9-11-22(12-10-21)13-15-32-16-18-33(19-17-32)26-8-2-7-25-24(26)6-3-14-31-25/h2-3,6-8,14,21-22H,1,4-5,9-13,15-20H2. The van der Waals surface area contributed by atoms with Crippen LogP contribution in [0.15, 0.2) is 36.5 Å². The molecular formula is C27H36F3N3O. The molecule has 7 heteroatoms. The van der Waals surface area contributed by atoms with Gasteiger partial charge in [0.25, 0.3) is 0 Å². The Kier molecular flexibility index (Phi) is 8.46. The number of aromatic nitrogens is 1. The third-order valence-electron chi connectivity index (χ3n) is 7.62. The first kappa shape index (κ1) is 25.0. The van der Waals surface area contributed by atoms with E-state index in [4.69, 9.17) is 0 Å². The SMILES string of the molecule is O=C(CCCC1CCC(CCN2CCN(c3cccc4ncccc34)CC2)CC1)CC(F)(F)F. The monoisotopic (exact) mass is 475 g/mol. The van der Waals surface area contributed by atoms with Crippen molar-refractivity contribution in [3.63, 3.8) is 0 Å². The van der Waals surface area contributed by atoms with E-state index in [0.29, 0.717) is 12.3 Å². The summed E-state index contributed by atoms with van der Waals surface area (Å²) in [5.41, 5.74) is 2.33. The van der Waals surface area contributed by atoms with Crippen LogP contribution in [-0.2, 0) is 4.79 Å². The fourth-order valence-corrected chi connectivity index (χ4v) is 5.65. The second-order valence-corrected chi connectivity index (χ2v) is 10.1. The average molecular weight is 476 g/mol. The first-order valence-electron chi connectivity index (χ1n) is 12.8. The highest BCUT2D eigenvalue weighted by Crippen LogP contribution is 2.34. The van der Waals surface area contributed by atoms with Crippen LogP contribution in [0.3, 0.4) is 0 Å². The van der Waals surface area contributed by atoms with Crippen LogP contribution in [0.2, 0.25) is 0 Å². The predicted octanol–water partition coefficient (Wildman–Crippen LogP) is 6.25. The maximum absolute atomic E-state index is 12.3. The number of piperazine rings is 1. The highest BCUT2D eigenvalue weighted by molar-refractivity contribution is 5.91. The van der Waals surface area contributed by atoms with Crippen LogP contribution in [0.25, 0.3) is 10.9 Å². The van der Waals surface area contributed by atoms with Crippen LogP contribution in [0.4, 0.5) is 18.9 Å². The smallest absolute Gasteiger partial charge is 0.368 e. The number of ketones is 1. The van der Waals surface area contributed by atoms with E-state index >= 15 is 0 Å². The zero-order valence-corrected chi connectivity index (χ0v) is 19.9. The van der Waals surface area contributed by atoms with Gasteiger partial charge < -0.3 is 4.90 Å². The number of nitrogens with zero attached hydrogens (tertiary/aromatic N) is 3. The molecule has 2 fully saturated rings. The third-order valence-corrected chi connectivity index (χ3v) is 7.62. The van der Waals surface area contributed by atoms with Crippen LogP contribution in [0, 0.1) is 11.8 Å². The summed E-state index contributed by atoms with van der Waals surface area (Å²) in [6.07, 6.45) is 3.73. The number of alkyl halides is 3. The van der Waals surface area contributed by atoms with Crippen LogP contribution in [0.5, 0.6) is 0 Å². The number of halogens is 3. The summed E-state index contributed by atoms with van der Waals surface area (Å²) in [6.45, 7) is 5.38. The van der Waals surface area contributed by atoms with Crippen molar-refractivity contribution < 1.29 is 18.0 Å². The van der Waals surface area contributed by atoms with Gasteiger partial charge in [0.1, 0.15) is 12.2 Å². The number of hydrogen-bond acceptors (Lipinski definition) is 4. The predicted molar refractivity (Wildman–Crippen MR) is 130 cm³/mol. The van der Waals surface area contributed by atoms with Gasteiger partial charge in [-0.25, -0.2) is 0 Å². The van der Waals surface area contributed by atoms with Crippen molar-refractivity contribution in [3.05, 3.63) is 36.5 Å². The minimum absolute atomic E-state index is 0.0701. The largest absolute Gasteiger partial charge is 0.395 e. The quantitative estimate of drug-likeness (QED) is 0.430. The Bertz CT molecular complexity index is 927. The molecule has 0 radical (unpaired) electrons. The van der Waals surface area contributed by atoms with Gasteiger partial charge in [-0.3, -0.25) is 14.7 Å². The molecule has 4 rings (SSSR count). The molecule has 1 aromatic carbocycles. The highest BCUT2D eigenvalue weighted by Gasteiger charge is 2.31. The normalized spacial score (nSPS) is 22.3. The molecule has 1 saturated carbocycles. The second-order valence-electron chi connectivity index (χ2n) is 10.1. The summed E-state index contributed by atoms with van der Waals surface area (Å²) in [5.74, 6) is 0.664. The van der Waals surface area contributed by atoms with E-state index in [1.165, 1.54) is 30.3 Å². The molecular weight excluding hydrogens is 439 g/mol. The van der Waals surface area contributed by atoms with Gasteiger partial charge in [0.2, 0.25) is 0 Å². The van der Waals surface area contributed by atoms with E-state index in [0.717, 1.165) is 63.4 Å².